The van der Waals surface area contributed by atoms with Gasteiger partial charge in [0.2, 0.25) is 6.79 Å². The molecule has 2 aromatic rings. The van der Waals surface area contributed by atoms with Crippen molar-refractivity contribution in [1.29, 1.82) is 5.26 Å². The first kappa shape index (κ1) is 11.3. The minimum atomic E-state index is -0.109. The minimum Gasteiger partial charge on any atom is -0.454 e. The Bertz CT molecular complexity index is 684. The van der Waals surface area contributed by atoms with Crippen molar-refractivity contribution in [3.63, 3.8) is 0 Å². The molecular weight excluding hydrogens is 242 g/mol. The molecule has 0 unspecified atom stereocenters. The molecule has 2 aromatic carbocycles. The molecule has 0 N–H and O–H groups in total. The van der Waals surface area contributed by atoms with E-state index in [2.05, 4.69) is 0 Å². The molecule has 1 aliphatic rings. The lowest BCUT2D eigenvalue weighted by molar-refractivity contribution is 0.103. The number of ketones is 1. The van der Waals surface area contributed by atoms with Crippen molar-refractivity contribution in [3.05, 3.63) is 59.2 Å². The van der Waals surface area contributed by atoms with Gasteiger partial charge < -0.3 is 9.47 Å². The van der Waals surface area contributed by atoms with Crippen molar-refractivity contribution in [1.82, 2.24) is 0 Å². The number of nitrogens with zero attached hydrogens (tertiary/aromatic N) is 1. The van der Waals surface area contributed by atoms with E-state index < -0.39 is 0 Å². The van der Waals surface area contributed by atoms with E-state index in [4.69, 9.17) is 14.7 Å². The van der Waals surface area contributed by atoms with Crippen molar-refractivity contribution in [2.24, 2.45) is 0 Å². The SMILES string of the molecule is N#Cc1ccc(C(=O)c2ccc3c(c2)OCO3)cc1. The maximum absolute atomic E-state index is 12.3. The average Bonchev–Trinajstić information content (AvgIpc) is 2.94. The van der Waals surface area contributed by atoms with Gasteiger partial charge in [-0.25, -0.2) is 0 Å². The lowest BCUT2D eigenvalue weighted by Crippen LogP contribution is -2.01. The summed E-state index contributed by atoms with van der Waals surface area (Å²) in [5, 5.41) is 8.72. The highest BCUT2D eigenvalue weighted by Crippen LogP contribution is 2.33. The van der Waals surface area contributed by atoms with Crippen LogP contribution in [-0.4, -0.2) is 12.6 Å². The lowest BCUT2D eigenvalue weighted by Gasteiger charge is -2.03. The Hall–Kier alpha value is -2.80. The van der Waals surface area contributed by atoms with E-state index in [1.165, 1.54) is 0 Å². The average molecular weight is 251 g/mol. The fourth-order valence-corrected chi connectivity index (χ4v) is 1.90. The van der Waals surface area contributed by atoms with E-state index in [1.54, 1.807) is 42.5 Å². The van der Waals surface area contributed by atoms with Crippen LogP contribution < -0.4 is 9.47 Å². The summed E-state index contributed by atoms with van der Waals surface area (Å²) in [7, 11) is 0. The van der Waals surface area contributed by atoms with Crippen molar-refractivity contribution in [2.75, 3.05) is 6.79 Å². The monoisotopic (exact) mass is 251 g/mol. The number of benzene rings is 2. The highest BCUT2D eigenvalue weighted by Gasteiger charge is 2.17. The number of hydrogen-bond acceptors (Lipinski definition) is 4. The molecule has 0 fully saturated rings. The van der Waals surface area contributed by atoms with E-state index in [1.807, 2.05) is 6.07 Å². The maximum Gasteiger partial charge on any atom is 0.231 e. The quantitative estimate of drug-likeness (QED) is 0.769. The molecule has 1 aliphatic heterocycles. The highest BCUT2D eigenvalue weighted by molar-refractivity contribution is 6.09. The zero-order chi connectivity index (χ0) is 13.2. The summed E-state index contributed by atoms with van der Waals surface area (Å²) >= 11 is 0. The number of ether oxygens (including phenoxy) is 2. The largest absolute Gasteiger partial charge is 0.454 e. The highest BCUT2D eigenvalue weighted by atomic mass is 16.7. The number of carbonyl (C=O) groups excluding carboxylic acids is 1. The Morgan fingerprint density at radius 1 is 1.00 bits per heavy atom. The van der Waals surface area contributed by atoms with Crippen LogP contribution in [0.15, 0.2) is 42.5 Å². The van der Waals surface area contributed by atoms with Crippen LogP contribution >= 0.6 is 0 Å². The third kappa shape index (κ3) is 2.02. The van der Waals surface area contributed by atoms with Crippen LogP contribution in [0.3, 0.4) is 0 Å². The van der Waals surface area contributed by atoms with Gasteiger partial charge in [0.1, 0.15) is 0 Å². The molecule has 0 amide bonds. The molecule has 3 rings (SSSR count). The van der Waals surface area contributed by atoms with E-state index in [0.717, 1.165) is 0 Å². The van der Waals surface area contributed by atoms with Crippen LogP contribution in [-0.2, 0) is 0 Å². The van der Waals surface area contributed by atoms with Gasteiger partial charge in [-0.15, -0.1) is 0 Å². The second-order valence-electron chi connectivity index (χ2n) is 4.09. The predicted octanol–water partition coefficient (Wildman–Crippen LogP) is 2.52. The van der Waals surface area contributed by atoms with E-state index in [9.17, 15) is 4.79 Å². The molecule has 19 heavy (non-hydrogen) atoms. The zero-order valence-electron chi connectivity index (χ0n) is 9.92. The van der Waals surface area contributed by atoms with Gasteiger partial charge in [-0.05, 0) is 42.5 Å². The van der Waals surface area contributed by atoms with Gasteiger partial charge in [0.25, 0.3) is 0 Å². The van der Waals surface area contributed by atoms with Gasteiger partial charge in [-0.3, -0.25) is 4.79 Å². The molecule has 92 valence electrons. The van der Waals surface area contributed by atoms with Crippen molar-refractivity contribution in [3.8, 4) is 17.6 Å². The molecule has 0 saturated carbocycles. The molecule has 0 saturated heterocycles. The molecular formula is C15H9NO3. The van der Waals surface area contributed by atoms with Crippen molar-refractivity contribution >= 4 is 5.78 Å². The van der Waals surface area contributed by atoms with E-state index in [0.29, 0.717) is 28.2 Å². The Morgan fingerprint density at radius 3 is 2.42 bits per heavy atom. The molecule has 0 aliphatic carbocycles. The van der Waals surface area contributed by atoms with Gasteiger partial charge in [0, 0.05) is 11.1 Å². The van der Waals surface area contributed by atoms with Gasteiger partial charge in [-0.2, -0.15) is 5.26 Å². The molecule has 0 aromatic heterocycles. The van der Waals surface area contributed by atoms with E-state index in [-0.39, 0.29) is 12.6 Å². The third-order valence-electron chi connectivity index (χ3n) is 2.91. The Morgan fingerprint density at radius 2 is 1.68 bits per heavy atom. The topological polar surface area (TPSA) is 59.3 Å². The second kappa shape index (κ2) is 4.46. The second-order valence-corrected chi connectivity index (χ2v) is 4.09. The number of nitriles is 1. The summed E-state index contributed by atoms with van der Waals surface area (Å²) in [6.07, 6.45) is 0. The fourth-order valence-electron chi connectivity index (χ4n) is 1.90. The van der Waals surface area contributed by atoms with Crippen LogP contribution in [0.5, 0.6) is 11.5 Å². The number of carbonyl (C=O) groups is 1. The molecule has 4 heteroatoms. The molecule has 1 heterocycles. The van der Waals surface area contributed by atoms with Crippen molar-refractivity contribution < 1.29 is 14.3 Å². The molecule has 0 atom stereocenters. The minimum absolute atomic E-state index is 0.109. The van der Waals surface area contributed by atoms with Gasteiger partial charge in [0.05, 0.1) is 11.6 Å². The predicted molar refractivity (Wildman–Crippen MR) is 67.2 cm³/mol. The lowest BCUT2D eigenvalue weighted by atomic mass is 10.0. The Labute approximate surface area is 109 Å². The van der Waals surface area contributed by atoms with Gasteiger partial charge in [-0.1, -0.05) is 0 Å². The number of rotatable bonds is 2. The summed E-state index contributed by atoms with van der Waals surface area (Å²) in [4.78, 5) is 12.3. The molecule has 0 spiro atoms. The van der Waals surface area contributed by atoms with Gasteiger partial charge in [0.15, 0.2) is 17.3 Å². The summed E-state index contributed by atoms with van der Waals surface area (Å²) in [5.41, 5.74) is 1.61. The smallest absolute Gasteiger partial charge is 0.231 e. The first-order valence-corrected chi connectivity index (χ1v) is 5.72. The third-order valence-corrected chi connectivity index (χ3v) is 2.91. The van der Waals surface area contributed by atoms with Crippen LogP contribution in [0, 0.1) is 11.3 Å². The summed E-state index contributed by atoms with van der Waals surface area (Å²) < 4.78 is 10.4. The van der Waals surface area contributed by atoms with Gasteiger partial charge >= 0.3 is 0 Å². The summed E-state index contributed by atoms with van der Waals surface area (Å²) in [6.45, 7) is 0.184. The molecule has 0 bridgehead atoms. The summed E-state index contributed by atoms with van der Waals surface area (Å²) in [6, 6.07) is 13.7. The number of hydrogen-bond donors (Lipinski definition) is 0. The first-order chi connectivity index (χ1) is 9.28. The van der Waals surface area contributed by atoms with Crippen molar-refractivity contribution in [2.45, 2.75) is 0 Å². The standard InChI is InChI=1S/C15H9NO3/c16-8-10-1-3-11(4-2-10)15(17)12-5-6-13-14(7-12)19-9-18-13/h1-7H,9H2. The normalized spacial score (nSPS) is 11.9. The molecule has 0 radical (unpaired) electrons. The molecule has 4 nitrogen and oxygen atoms in total. The Kier molecular flexibility index (Phi) is 2.66. The van der Waals surface area contributed by atoms with Crippen LogP contribution in [0.2, 0.25) is 0 Å². The Balaban J connectivity index is 1.93. The fraction of sp³-hybridized carbons (Fsp3) is 0.0667. The van der Waals surface area contributed by atoms with E-state index >= 15 is 0 Å². The van der Waals surface area contributed by atoms with Crippen LogP contribution in [0.25, 0.3) is 0 Å². The maximum atomic E-state index is 12.3. The first-order valence-electron chi connectivity index (χ1n) is 5.72. The van der Waals surface area contributed by atoms with Crippen LogP contribution in [0.1, 0.15) is 21.5 Å². The van der Waals surface area contributed by atoms with Crippen LogP contribution in [0.4, 0.5) is 0 Å². The summed E-state index contributed by atoms with van der Waals surface area (Å²) in [5.74, 6) is 1.12. The zero-order valence-corrected chi connectivity index (χ0v) is 9.92. The number of fused-ring (bicyclic) bond motifs is 1.